The van der Waals surface area contributed by atoms with Crippen molar-refractivity contribution in [2.24, 2.45) is 7.05 Å². The van der Waals surface area contributed by atoms with Crippen molar-refractivity contribution in [3.63, 3.8) is 0 Å². The summed E-state index contributed by atoms with van der Waals surface area (Å²) in [4.78, 5) is 4.46. The number of aliphatic hydroxyl groups is 1. The zero-order chi connectivity index (χ0) is 12.5. The van der Waals surface area contributed by atoms with Crippen LogP contribution in [0.4, 0.5) is 0 Å². The first-order valence-electron chi connectivity index (χ1n) is 5.77. The van der Waals surface area contributed by atoms with Crippen LogP contribution in [0.15, 0.2) is 48.7 Å². The molecule has 1 unspecified atom stereocenters. The molecule has 0 aliphatic rings. The van der Waals surface area contributed by atoms with Crippen molar-refractivity contribution in [1.82, 2.24) is 14.8 Å². The molecule has 3 aromatic rings. The summed E-state index contributed by atoms with van der Waals surface area (Å²) in [6, 6.07) is 13.4. The van der Waals surface area contributed by atoms with Crippen LogP contribution >= 0.6 is 0 Å². The van der Waals surface area contributed by atoms with Gasteiger partial charge >= 0.3 is 0 Å². The number of fused-ring (bicyclic) bond motifs is 1. The number of hydrogen-bond acceptors (Lipinski definition) is 3. The number of aromatic nitrogens is 3. The van der Waals surface area contributed by atoms with Gasteiger partial charge in [-0.15, -0.1) is 0 Å². The van der Waals surface area contributed by atoms with E-state index in [2.05, 4.69) is 10.1 Å². The van der Waals surface area contributed by atoms with E-state index >= 15 is 0 Å². The van der Waals surface area contributed by atoms with Gasteiger partial charge in [0.2, 0.25) is 0 Å². The fourth-order valence-electron chi connectivity index (χ4n) is 1.96. The second-order valence-electron chi connectivity index (χ2n) is 4.25. The molecule has 2 aromatic heterocycles. The molecule has 0 radical (unpaired) electrons. The molecule has 0 bridgehead atoms. The van der Waals surface area contributed by atoms with E-state index in [-0.39, 0.29) is 0 Å². The van der Waals surface area contributed by atoms with Crippen LogP contribution in [0.1, 0.15) is 17.5 Å². The second kappa shape index (κ2) is 4.23. The van der Waals surface area contributed by atoms with Gasteiger partial charge in [-0.3, -0.25) is 4.68 Å². The summed E-state index contributed by atoms with van der Waals surface area (Å²) in [5.74, 6) is 0. The van der Waals surface area contributed by atoms with Crippen molar-refractivity contribution >= 4 is 10.9 Å². The van der Waals surface area contributed by atoms with Crippen molar-refractivity contribution in [3.8, 4) is 0 Å². The third kappa shape index (κ3) is 1.87. The molecule has 0 aliphatic carbocycles. The molecule has 1 aromatic carbocycles. The van der Waals surface area contributed by atoms with Crippen LogP contribution in [-0.4, -0.2) is 19.9 Å². The number of pyridine rings is 1. The smallest absolute Gasteiger partial charge is 0.140 e. The molecule has 18 heavy (non-hydrogen) atoms. The highest BCUT2D eigenvalue weighted by molar-refractivity contribution is 5.78. The number of nitrogens with zero attached hydrogens (tertiary/aromatic N) is 3. The highest BCUT2D eigenvalue weighted by Gasteiger charge is 2.14. The number of hydrogen-bond donors (Lipinski definition) is 1. The van der Waals surface area contributed by atoms with Crippen molar-refractivity contribution in [3.05, 3.63) is 60.0 Å². The van der Waals surface area contributed by atoms with Crippen molar-refractivity contribution in [2.75, 3.05) is 0 Å². The molecule has 2 heterocycles. The number of aryl methyl sites for hydroxylation is 1. The third-order valence-corrected chi connectivity index (χ3v) is 2.91. The van der Waals surface area contributed by atoms with Crippen molar-refractivity contribution in [2.45, 2.75) is 6.10 Å². The molecule has 0 saturated carbocycles. The second-order valence-corrected chi connectivity index (χ2v) is 4.25. The molecule has 0 amide bonds. The van der Waals surface area contributed by atoms with Crippen molar-refractivity contribution < 1.29 is 5.11 Å². The Morgan fingerprint density at radius 3 is 2.67 bits per heavy atom. The predicted molar refractivity (Wildman–Crippen MR) is 69.0 cm³/mol. The molecule has 0 fully saturated rings. The fraction of sp³-hybridized carbons (Fsp3) is 0.143. The Hall–Kier alpha value is -2.20. The van der Waals surface area contributed by atoms with Gasteiger partial charge in [-0.05, 0) is 18.2 Å². The summed E-state index contributed by atoms with van der Waals surface area (Å²) in [6.07, 6.45) is 1.02. The lowest BCUT2D eigenvalue weighted by molar-refractivity contribution is 0.210. The van der Waals surface area contributed by atoms with Crippen LogP contribution in [0.5, 0.6) is 0 Å². The SMILES string of the molecule is Cn1ccc(C(O)c2ccc3ccccc3n2)n1. The van der Waals surface area contributed by atoms with Gasteiger partial charge in [-0.2, -0.15) is 5.10 Å². The molecule has 4 nitrogen and oxygen atoms in total. The van der Waals surface area contributed by atoms with Gasteiger partial charge in [0.05, 0.1) is 16.9 Å². The quantitative estimate of drug-likeness (QED) is 0.744. The van der Waals surface area contributed by atoms with Crippen LogP contribution in [-0.2, 0) is 7.05 Å². The summed E-state index contributed by atoms with van der Waals surface area (Å²) in [7, 11) is 1.82. The lowest BCUT2D eigenvalue weighted by atomic mass is 10.1. The third-order valence-electron chi connectivity index (χ3n) is 2.91. The number of aliphatic hydroxyl groups excluding tert-OH is 1. The average Bonchev–Trinajstić information content (AvgIpc) is 2.84. The minimum atomic E-state index is -0.782. The van der Waals surface area contributed by atoms with Gasteiger partial charge in [-0.1, -0.05) is 24.3 Å². The highest BCUT2D eigenvalue weighted by atomic mass is 16.3. The van der Waals surface area contributed by atoms with Crippen LogP contribution < -0.4 is 0 Å². The molecule has 4 heteroatoms. The Morgan fingerprint density at radius 2 is 1.89 bits per heavy atom. The van der Waals surface area contributed by atoms with Gasteiger partial charge in [0, 0.05) is 18.6 Å². The normalized spacial score (nSPS) is 12.8. The molecular formula is C14H13N3O. The Bertz CT molecular complexity index is 690. The van der Waals surface area contributed by atoms with Crippen LogP contribution in [0.25, 0.3) is 10.9 Å². The maximum atomic E-state index is 10.2. The van der Waals surface area contributed by atoms with E-state index in [0.29, 0.717) is 11.4 Å². The standard InChI is InChI=1S/C14H13N3O/c1-17-9-8-13(16-17)14(18)12-7-6-10-4-2-3-5-11(10)15-12/h2-9,14,18H,1H3. The largest absolute Gasteiger partial charge is 0.380 e. The number of benzene rings is 1. The fourth-order valence-corrected chi connectivity index (χ4v) is 1.96. The zero-order valence-corrected chi connectivity index (χ0v) is 9.99. The minimum absolute atomic E-state index is 0.611. The summed E-state index contributed by atoms with van der Waals surface area (Å²) < 4.78 is 1.67. The first-order chi connectivity index (χ1) is 8.74. The predicted octanol–water partition coefficient (Wildman–Crippen LogP) is 2.05. The summed E-state index contributed by atoms with van der Waals surface area (Å²) in [5.41, 5.74) is 2.11. The molecule has 1 N–H and O–H groups in total. The Balaban J connectivity index is 2.03. The molecule has 0 saturated heterocycles. The summed E-state index contributed by atoms with van der Waals surface area (Å²) in [5, 5.41) is 15.5. The van der Waals surface area contributed by atoms with E-state index in [4.69, 9.17) is 0 Å². The monoisotopic (exact) mass is 239 g/mol. The van der Waals surface area contributed by atoms with E-state index in [1.54, 1.807) is 16.9 Å². The lowest BCUT2D eigenvalue weighted by Gasteiger charge is -2.08. The number of para-hydroxylation sites is 1. The Labute approximate surface area is 105 Å². The van der Waals surface area contributed by atoms with Crippen LogP contribution in [0.3, 0.4) is 0 Å². The molecule has 0 aliphatic heterocycles. The maximum absolute atomic E-state index is 10.2. The van der Waals surface area contributed by atoms with Gasteiger partial charge in [0.25, 0.3) is 0 Å². The van der Waals surface area contributed by atoms with E-state index in [0.717, 1.165) is 10.9 Å². The van der Waals surface area contributed by atoms with Crippen LogP contribution in [0.2, 0.25) is 0 Å². The lowest BCUT2D eigenvalue weighted by Crippen LogP contribution is -2.04. The van der Waals surface area contributed by atoms with E-state index in [1.165, 1.54) is 0 Å². The van der Waals surface area contributed by atoms with Gasteiger partial charge in [-0.25, -0.2) is 4.98 Å². The van der Waals surface area contributed by atoms with E-state index in [1.807, 2.05) is 43.4 Å². The molecule has 0 spiro atoms. The van der Waals surface area contributed by atoms with E-state index in [9.17, 15) is 5.11 Å². The minimum Gasteiger partial charge on any atom is -0.380 e. The van der Waals surface area contributed by atoms with Crippen molar-refractivity contribution in [1.29, 1.82) is 0 Å². The van der Waals surface area contributed by atoms with Crippen LogP contribution in [0, 0.1) is 0 Å². The van der Waals surface area contributed by atoms with Gasteiger partial charge in [0.1, 0.15) is 6.10 Å². The molecule has 1 atom stereocenters. The Morgan fingerprint density at radius 1 is 1.06 bits per heavy atom. The number of rotatable bonds is 2. The average molecular weight is 239 g/mol. The summed E-state index contributed by atoms with van der Waals surface area (Å²) >= 11 is 0. The highest BCUT2D eigenvalue weighted by Crippen LogP contribution is 2.21. The maximum Gasteiger partial charge on any atom is 0.140 e. The summed E-state index contributed by atoms with van der Waals surface area (Å²) in [6.45, 7) is 0. The topological polar surface area (TPSA) is 50.9 Å². The zero-order valence-electron chi connectivity index (χ0n) is 9.99. The van der Waals surface area contributed by atoms with Gasteiger partial charge < -0.3 is 5.11 Å². The van der Waals surface area contributed by atoms with Gasteiger partial charge in [0.15, 0.2) is 0 Å². The molecular weight excluding hydrogens is 226 g/mol. The molecule has 90 valence electrons. The first-order valence-corrected chi connectivity index (χ1v) is 5.77. The molecule has 3 rings (SSSR count). The first kappa shape index (κ1) is 10.9. The van der Waals surface area contributed by atoms with E-state index < -0.39 is 6.10 Å². The Kier molecular flexibility index (Phi) is 2.57.